The highest BCUT2D eigenvalue weighted by atomic mass is 15.1. The Balaban J connectivity index is 1.65. The predicted molar refractivity (Wildman–Crippen MR) is 73.6 cm³/mol. The molecule has 0 spiro atoms. The number of nitrogens with one attached hydrogen (secondary N) is 2. The molecule has 2 bridgehead atoms. The average Bonchev–Trinajstić information content (AvgIpc) is 3.01. The number of aromatic nitrogens is 2. The standard InChI is InChI=1S/C14H22N4/c1-9(12-6-10-3-4-11(12)5-10)17-14-8-16-7-13(15-2)18-14/h7-12H,3-6H2,1-2H3,(H2,15,17,18). The van der Waals surface area contributed by atoms with Gasteiger partial charge in [0.15, 0.2) is 0 Å². The van der Waals surface area contributed by atoms with Crippen molar-refractivity contribution in [2.75, 3.05) is 17.7 Å². The second-order valence-electron chi connectivity index (χ2n) is 5.81. The van der Waals surface area contributed by atoms with Gasteiger partial charge in [-0.2, -0.15) is 0 Å². The summed E-state index contributed by atoms with van der Waals surface area (Å²) in [5.41, 5.74) is 0. The first kappa shape index (κ1) is 11.8. The maximum atomic E-state index is 4.48. The van der Waals surface area contributed by atoms with Crippen molar-refractivity contribution >= 4 is 11.6 Å². The van der Waals surface area contributed by atoms with Crippen LogP contribution in [0.15, 0.2) is 12.4 Å². The Labute approximate surface area is 109 Å². The average molecular weight is 246 g/mol. The number of hydrogen-bond donors (Lipinski definition) is 2. The molecule has 4 nitrogen and oxygen atoms in total. The first-order chi connectivity index (χ1) is 8.76. The van der Waals surface area contributed by atoms with E-state index in [2.05, 4.69) is 27.5 Å². The van der Waals surface area contributed by atoms with Gasteiger partial charge in [0.2, 0.25) is 0 Å². The summed E-state index contributed by atoms with van der Waals surface area (Å²) in [6, 6.07) is 0.502. The first-order valence-electron chi connectivity index (χ1n) is 7.02. The molecule has 1 aromatic heterocycles. The van der Waals surface area contributed by atoms with E-state index in [9.17, 15) is 0 Å². The van der Waals surface area contributed by atoms with Crippen LogP contribution in [-0.2, 0) is 0 Å². The molecule has 0 saturated heterocycles. The van der Waals surface area contributed by atoms with E-state index in [4.69, 9.17) is 0 Å². The lowest BCUT2D eigenvalue weighted by Crippen LogP contribution is -2.30. The van der Waals surface area contributed by atoms with Gasteiger partial charge in [0.25, 0.3) is 0 Å². The van der Waals surface area contributed by atoms with Gasteiger partial charge in [0.1, 0.15) is 11.6 Å². The number of rotatable bonds is 4. The first-order valence-corrected chi connectivity index (χ1v) is 7.02. The summed E-state index contributed by atoms with van der Waals surface area (Å²) < 4.78 is 0. The molecule has 0 radical (unpaired) electrons. The number of anilines is 2. The highest BCUT2D eigenvalue weighted by Gasteiger charge is 2.41. The van der Waals surface area contributed by atoms with Gasteiger partial charge in [-0.25, -0.2) is 4.98 Å². The van der Waals surface area contributed by atoms with E-state index >= 15 is 0 Å². The fourth-order valence-corrected chi connectivity index (χ4v) is 3.80. The second kappa shape index (κ2) is 4.75. The largest absolute Gasteiger partial charge is 0.372 e. The van der Waals surface area contributed by atoms with E-state index in [0.717, 1.165) is 29.4 Å². The molecule has 4 heteroatoms. The van der Waals surface area contributed by atoms with Gasteiger partial charge < -0.3 is 10.6 Å². The summed E-state index contributed by atoms with van der Waals surface area (Å²) in [5, 5.41) is 6.55. The van der Waals surface area contributed by atoms with Crippen LogP contribution in [0.25, 0.3) is 0 Å². The van der Waals surface area contributed by atoms with Gasteiger partial charge >= 0.3 is 0 Å². The third-order valence-electron chi connectivity index (χ3n) is 4.70. The smallest absolute Gasteiger partial charge is 0.147 e. The maximum Gasteiger partial charge on any atom is 0.147 e. The van der Waals surface area contributed by atoms with Gasteiger partial charge in [-0.05, 0) is 43.9 Å². The van der Waals surface area contributed by atoms with Crippen LogP contribution in [0.5, 0.6) is 0 Å². The molecule has 3 rings (SSSR count). The lowest BCUT2D eigenvalue weighted by molar-refractivity contribution is 0.304. The van der Waals surface area contributed by atoms with Crippen molar-refractivity contribution in [3.05, 3.63) is 12.4 Å². The highest BCUT2D eigenvalue weighted by molar-refractivity contribution is 5.41. The minimum atomic E-state index is 0.502. The monoisotopic (exact) mass is 246 g/mol. The van der Waals surface area contributed by atoms with Crippen LogP contribution in [0.2, 0.25) is 0 Å². The molecule has 0 amide bonds. The van der Waals surface area contributed by atoms with Crippen molar-refractivity contribution in [2.45, 2.75) is 38.6 Å². The number of hydrogen-bond acceptors (Lipinski definition) is 4. The molecule has 1 aromatic rings. The van der Waals surface area contributed by atoms with E-state index in [-0.39, 0.29) is 0 Å². The molecule has 0 aromatic carbocycles. The van der Waals surface area contributed by atoms with Crippen molar-refractivity contribution in [2.24, 2.45) is 17.8 Å². The summed E-state index contributed by atoms with van der Waals surface area (Å²) >= 11 is 0. The normalized spacial score (nSPS) is 31.3. The lowest BCUT2D eigenvalue weighted by atomic mass is 9.84. The summed E-state index contributed by atoms with van der Waals surface area (Å²) in [5.74, 6) is 4.47. The zero-order valence-electron chi connectivity index (χ0n) is 11.2. The van der Waals surface area contributed by atoms with E-state index in [1.165, 1.54) is 25.7 Å². The third kappa shape index (κ3) is 2.16. The van der Waals surface area contributed by atoms with E-state index in [1.54, 1.807) is 6.20 Å². The van der Waals surface area contributed by atoms with E-state index in [0.29, 0.717) is 6.04 Å². The Kier molecular flexibility index (Phi) is 3.10. The minimum Gasteiger partial charge on any atom is -0.372 e. The molecular weight excluding hydrogens is 224 g/mol. The molecule has 2 N–H and O–H groups in total. The molecule has 0 aliphatic heterocycles. The van der Waals surface area contributed by atoms with Crippen molar-refractivity contribution in [1.82, 2.24) is 9.97 Å². The third-order valence-corrected chi connectivity index (χ3v) is 4.70. The Morgan fingerprint density at radius 1 is 1.22 bits per heavy atom. The molecule has 2 aliphatic rings. The summed E-state index contributed by atoms with van der Waals surface area (Å²) in [4.78, 5) is 8.68. The van der Waals surface area contributed by atoms with Crippen LogP contribution in [0.1, 0.15) is 32.6 Å². The molecular formula is C14H22N4. The van der Waals surface area contributed by atoms with Crippen LogP contribution < -0.4 is 10.6 Å². The molecule has 4 atom stereocenters. The predicted octanol–water partition coefficient (Wildman–Crippen LogP) is 2.75. The van der Waals surface area contributed by atoms with Gasteiger partial charge in [0.05, 0.1) is 12.4 Å². The highest BCUT2D eigenvalue weighted by Crippen LogP contribution is 2.49. The van der Waals surface area contributed by atoms with Crippen LogP contribution >= 0.6 is 0 Å². The Morgan fingerprint density at radius 3 is 2.72 bits per heavy atom. The molecule has 4 unspecified atom stereocenters. The Hall–Kier alpha value is -1.32. The second-order valence-corrected chi connectivity index (χ2v) is 5.81. The van der Waals surface area contributed by atoms with Crippen LogP contribution in [0, 0.1) is 17.8 Å². The van der Waals surface area contributed by atoms with Gasteiger partial charge in [0, 0.05) is 13.1 Å². The van der Waals surface area contributed by atoms with Crippen LogP contribution in [0.3, 0.4) is 0 Å². The number of nitrogens with zero attached hydrogens (tertiary/aromatic N) is 2. The van der Waals surface area contributed by atoms with Crippen molar-refractivity contribution in [3.63, 3.8) is 0 Å². The summed E-state index contributed by atoms with van der Waals surface area (Å²) in [7, 11) is 1.87. The molecule has 2 fully saturated rings. The lowest BCUT2D eigenvalue weighted by Gasteiger charge is -2.28. The SMILES string of the molecule is CNc1cncc(NC(C)C2CC3CCC2C3)n1. The summed E-state index contributed by atoms with van der Waals surface area (Å²) in [6.45, 7) is 2.29. The maximum absolute atomic E-state index is 4.48. The van der Waals surface area contributed by atoms with Gasteiger partial charge in [-0.15, -0.1) is 0 Å². The quantitative estimate of drug-likeness (QED) is 0.857. The van der Waals surface area contributed by atoms with Gasteiger partial charge in [-0.3, -0.25) is 4.98 Å². The zero-order valence-corrected chi connectivity index (χ0v) is 11.2. The van der Waals surface area contributed by atoms with Crippen molar-refractivity contribution < 1.29 is 0 Å². The molecule has 98 valence electrons. The molecule has 2 saturated carbocycles. The number of fused-ring (bicyclic) bond motifs is 2. The van der Waals surface area contributed by atoms with Crippen LogP contribution in [0.4, 0.5) is 11.6 Å². The topological polar surface area (TPSA) is 49.8 Å². The van der Waals surface area contributed by atoms with Crippen molar-refractivity contribution in [3.8, 4) is 0 Å². The zero-order chi connectivity index (χ0) is 12.5. The molecule has 1 heterocycles. The summed E-state index contributed by atoms with van der Waals surface area (Å²) in [6.07, 6.45) is 9.31. The molecule has 18 heavy (non-hydrogen) atoms. The fraction of sp³-hybridized carbons (Fsp3) is 0.714. The Bertz CT molecular complexity index is 420. The fourth-order valence-electron chi connectivity index (χ4n) is 3.80. The molecule has 2 aliphatic carbocycles. The van der Waals surface area contributed by atoms with Crippen molar-refractivity contribution in [1.29, 1.82) is 0 Å². The van der Waals surface area contributed by atoms with E-state index in [1.807, 2.05) is 13.2 Å². The Morgan fingerprint density at radius 2 is 2.06 bits per heavy atom. The van der Waals surface area contributed by atoms with Crippen LogP contribution in [-0.4, -0.2) is 23.1 Å². The minimum absolute atomic E-state index is 0.502. The van der Waals surface area contributed by atoms with E-state index < -0.39 is 0 Å². The van der Waals surface area contributed by atoms with Gasteiger partial charge in [-0.1, -0.05) is 6.42 Å².